The van der Waals surface area contributed by atoms with Crippen molar-refractivity contribution < 1.29 is 24.5 Å². The van der Waals surface area contributed by atoms with Crippen LogP contribution in [0.4, 0.5) is 0 Å². The Morgan fingerprint density at radius 3 is 2.48 bits per heavy atom. The Morgan fingerprint density at radius 1 is 1.07 bits per heavy atom. The summed E-state index contributed by atoms with van der Waals surface area (Å²) in [5, 5.41) is 20.4. The molecule has 1 amide bonds. The molecule has 0 fully saturated rings. The lowest BCUT2D eigenvalue weighted by atomic mass is 9.96. The molecule has 1 aliphatic rings. The van der Waals surface area contributed by atoms with E-state index in [0.29, 0.717) is 31.9 Å². The van der Waals surface area contributed by atoms with Crippen molar-refractivity contribution in [3.8, 4) is 11.1 Å². The van der Waals surface area contributed by atoms with Gasteiger partial charge in [0.05, 0.1) is 30.9 Å². The predicted octanol–water partition coefficient (Wildman–Crippen LogP) is 5.03. The molecular formula is C34H39N3O5. The molecule has 3 atom stereocenters. The molecule has 0 unspecified atom stereocenters. The van der Waals surface area contributed by atoms with Crippen LogP contribution in [0.3, 0.4) is 0 Å². The lowest BCUT2D eigenvalue weighted by Crippen LogP contribution is -2.47. The topological polar surface area (TPSA) is 95.2 Å². The van der Waals surface area contributed by atoms with Crippen molar-refractivity contribution in [3.63, 3.8) is 0 Å². The number of nitrogens with zero attached hydrogens (tertiary/aromatic N) is 3. The number of carboxylic acid groups (broad SMARTS) is 1. The SMILES string of the molecule is C[C@H](CO)N1C[C@H](C)[C@H](CN(C)Cc2ccc(C(=O)O)cc2)OCc2ccccc2-c2c(n(C)c3ccccc23)C1=O. The van der Waals surface area contributed by atoms with Crippen LogP contribution in [0.2, 0.25) is 0 Å². The minimum atomic E-state index is -0.943. The minimum Gasteiger partial charge on any atom is -0.478 e. The van der Waals surface area contributed by atoms with Crippen LogP contribution in [0.15, 0.2) is 72.8 Å². The lowest BCUT2D eigenvalue weighted by molar-refractivity contribution is -0.0242. The van der Waals surface area contributed by atoms with Gasteiger partial charge in [0.15, 0.2) is 0 Å². The van der Waals surface area contributed by atoms with Crippen molar-refractivity contribution >= 4 is 22.8 Å². The summed E-state index contributed by atoms with van der Waals surface area (Å²) in [7, 11) is 3.95. The number of aliphatic hydroxyl groups excluding tert-OH is 1. The maximum absolute atomic E-state index is 14.5. The molecule has 1 aromatic heterocycles. The highest BCUT2D eigenvalue weighted by Gasteiger charge is 2.33. The van der Waals surface area contributed by atoms with E-state index < -0.39 is 5.97 Å². The first-order valence-corrected chi connectivity index (χ1v) is 14.4. The first-order chi connectivity index (χ1) is 20.2. The molecule has 220 valence electrons. The molecule has 8 nitrogen and oxygen atoms in total. The van der Waals surface area contributed by atoms with E-state index in [1.165, 1.54) is 0 Å². The van der Waals surface area contributed by atoms with Gasteiger partial charge in [0.25, 0.3) is 5.91 Å². The Kier molecular flexibility index (Phi) is 8.77. The average molecular weight is 570 g/mol. The van der Waals surface area contributed by atoms with Crippen molar-refractivity contribution in [2.45, 2.75) is 39.1 Å². The highest BCUT2D eigenvalue weighted by atomic mass is 16.5. The van der Waals surface area contributed by atoms with Crippen LogP contribution in [0, 0.1) is 5.92 Å². The van der Waals surface area contributed by atoms with Gasteiger partial charge in [-0.3, -0.25) is 9.69 Å². The van der Waals surface area contributed by atoms with Crippen molar-refractivity contribution in [1.82, 2.24) is 14.4 Å². The molecular weight excluding hydrogens is 530 g/mol. The van der Waals surface area contributed by atoms with Crippen LogP contribution in [-0.4, -0.2) is 75.3 Å². The van der Waals surface area contributed by atoms with E-state index in [1.807, 2.05) is 68.1 Å². The normalized spacial score (nSPS) is 18.4. The number of hydrogen-bond donors (Lipinski definition) is 2. The van der Waals surface area contributed by atoms with Crippen molar-refractivity contribution in [2.24, 2.45) is 13.0 Å². The van der Waals surface area contributed by atoms with Gasteiger partial charge in [-0.25, -0.2) is 4.79 Å². The van der Waals surface area contributed by atoms with E-state index in [9.17, 15) is 19.8 Å². The van der Waals surface area contributed by atoms with Crippen LogP contribution in [-0.2, 0) is 24.9 Å². The Labute approximate surface area is 246 Å². The van der Waals surface area contributed by atoms with Crippen LogP contribution in [0.1, 0.15) is 45.8 Å². The first-order valence-electron chi connectivity index (χ1n) is 14.4. The molecule has 42 heavy (non-hydrogen) atoms. The molecule has 0 saturated carbocycles. The third-order valence-electron chi connectivity index (χ3n) is 8.37. The monoisotopic (exact) mass is 569 g/mol. The van der Waals surface area contributed by atoms with Gasteiger partial charge in [0, 0.05) is 49.1 Å². The summed E-state index contributed by atoms with van der Waals surface area (Å²) in [5.74, 6) is -1.09. The number of likely N-dealkylation sites (N-methyl/N-ethyl adjacent to an activating group) is 1. The standard InChI is InChI=1S/C34H39N3O5/c1-22-17-37(23(2)20-38)33(39)32-31(28-11-7-8-12-29(28)36(32)4)27-10-6-5-9-26(27)21-42-30(22)19-35(3)18-24-13-15-25(16-14-24)34(40)41/h5-16,22-23,30,38H,17-21H2,1-4H3,(H,40,41)/t22-,23+,30-/m0/s1. The number of amides is 1. The summed E-state index contributed by atoms with van der Waals surface area (Å²) in [6.45, 7) is 5.86. The summed E-state index contributed by atoms with van der Waals surface area (Å²) in [5.41, 5.74) is 5.72. The molecule has 0 saturated heterocycles. The van der Waals surface area contributed by atoms with Crippen LogP contribution in [0.5, 0.6) is 0 Å². The predicted molar refractivity (Wildman–Crippen MR) is 163 cm³/mol. The molecule has 2 heterocycles. The fourth-order valence-electron chi connectivity index (χ4n) is 5.96. The molecule has 0 spiro atoms. The smallest absolute Gasteiger partial charge is 0.335 e. The second-order valence-corrected chi connectivity index (χ2v) is 11.5. The second-order valence-electron chi connectivity index (χ2n) is 11.5. The molecule has 3 aromatic carbocycles. The van der Waals surface area contributed by atoms with Gasteiger partial charge in [0.1, 0.15) is 5.69 Å². The largest absolute Gasteiger partial charge is 0.478 e. The Hall–Kier alpha value is -3.98. The molecule has 5 rings (SSSR count). The van der Waals surface area contributed by atoms with E-state index in [0.717, 1.165) is 33.2 Å². The van der Waals surface area contributed by atoms with Crippen molar-refractivity contribution in [3.05, 3.63) is 95.2 Å². The number of carboxylic acids is 1. The summed E-state index contributed by atoms with van der Waals surface area (Å²) in [6, 6.07) is 22.7. The Bertz CT molecular complexity index is 1580. The van der Waals surface area contributed by atoms with E-state index in [4.69, 9.17) is 4.74 Å². The Balaban J connectivity index is 1.52. The zero-order valence-corrected chi connectivity index (χ0v) is 24.7. The molecule has 1 aliphatic heterocycles. The van der Waals surface area contributed by atoms with Gasteiger partial charge in [-0.15, -0.1) is 0 Å². The minimum absolute atomic E-state index is 0.0387. The number of rotatable bonds is 7. The van der Waals surface area contributed by atoms with Gasteiger partial charge in [-0.1, -0.05) is 61.5 Å². The van der Waals surface area contributed by atoms with Crippen molar-refractivity contribution in [2.75, 3.05) is 26.7 Å². The number of aliphatic hydroxyl groups is 1. The fourth-order valence-corrected chi connectivity index (χ4v) is 5.96. The van der Waals surface area contributed by atoms with E-state index in [1.54, 1.807) is 17.0 Å². The Morgan fingerprint density at radius 2 is 1.76 bits per heavy atom. The van der Waals surface area contributed by atoms with Crippen LogP contribution in [0.25, 0.3) is 22.0 Å². The molecule has 2 N–H and O–H groups in total. The van der Waals surface area contributed by atoms with Gasteiger partial charge < -0.3 is 24.4 Å². The lowest BCUT2D eigenvalue weighted by Gasteiger charge is -2.35. The number of aromatic nitrogens is 1. The maximum atomic E-state index is 14.5. The number of aryl methyl sites for hydroxylation is 1. The molecule has 0 aliphatic carbocycles. The summed E-state index contributed by atoms with van der Waals surface area (Å²) in [4.78, 5) is 29.7. The number of benzene rings is 3. The highest BCUT2D eigenvalue weighted by Crippen LogP contribution is 2.38. The summed E-state index contributed by atoms with van der Waals surface area (Å²) in [6.07, 6.45) is -0.208. The van der Waals surface area contributed by atoms with Crippen LogP contribution < -0.4 is 0 Å². The van der Waals surface area contributed by atoms with Crippen molar-refractivity contribution in [1.29, 1.82) is 0 Å². The van der Waals surface area contributed by atoms with Gasteiger partial charge in [-0.05, 0) is 48.9 Å². The third-order valence-corrected chi connectivity index (χ3v) is 8.37. The van der Waals surface area contributed by atoms with Gasteiger partial charge in [0.2, 0.25) is 0 Å². The molecule has 0 bridgehead atoms. The molecule has 0 radical (unpaired) electrons. The first kappa shape index (κ1) is 29.5. The van der Waals surface area contributed by atoms with E-state index in [2.05, 4.69) is 30.0 Å². The number of aromatic carboxylic acids is 1. The highest BCUT2D eigenvalue weighted by molar-refractivity contribution is 6.10. The van der Waals surface area contributed by atoms with Gasteiger partial charge >= 0.3 is 5.97 Å². The summed E-state index contributed by atoms with van der Waals surface area (Å²) < 4.78 is 8.65. The quantitative estimate of drug-likeness (QED) is 0.324. The molecule has 8 heteroatoms. The zero-order chi connectivity index (χ0) is 30.0. The average Bonchev–Trinajstić information content (AvgIpc) is 3.28. The van der Waals surface area contributed by atoms with E-state index >= 15 is 0 Å². The van der Waals surface area contributed by atoms with Crippen LogP contribution >= 0.6 is 0 Å². The second kappa shape index (κ2) is 12.5. The number of para-hydroxylation sites is 1. The van der Waals surface area contributed by atoms with E-state index in [-0.39, 0.29) is 36.1 Å². The number of ether oxygens (including phenoxy) is 1. The fraction of sp³-hybridized carbons (Fsp3) is 0.353. The number of hydrogen-bond acceptors (Lipinski definition) is 5. The zero-order valence-electron chi connectivity index (χ0n) is 24.7. The number of carbonyl (C=O) groups excluding carboxylic acids is 1. The summed E-state index contributed by atoms with van der Waals surface area (Å²) >= 11 is 0. The number of fused-ring (bicyclic) bond motifs is 5. The third kappa shape index (κ3) is 5.83. The maximum Gasteiger partial charge on any atom is 0.335 e. The molecule has 4 aromatic rings. The number of carbonyl (C=O) groups is 2. The van der Waals surface area contributed by atoms with Gasteiger partial charge in [-0.2, -0.15) is 0 Å².